The van der Waals surface area contributed by atoms with Crippen LogP contribution in [0, 0.1) is 0 Å². The summed E-state index contributed by atoms with van der Waals surface area (Å²) in [5.74, 6) is 0.688. The molecule has 1 heterocycles. The molecule has 3 nitrogen and oxygen atoms in total. The monoisotopic (exact) mass is 248 g/mol. The smallest absolute Gasteiger partial charge is 0.0585 e. The first-order valence-electron chi connectivity index (χ1n) is 6.89. The molecule has 18 heavy (non-hydrogen) atoms. The van der Waals surface area contributed by atoms with Crippen molar-refractivity contribution in [2.45, 2.75) is 24.8 Å². The largest absolute Gasteiger partial charge is 0.395 e. The summed E-state index contributed by atoms with van der Waals surface area (Å²) in [6, 6.07) is 11.0. The number of aliphatic hydroxyl groups excluding tert-OH is 1. The zero-order valence-corrected chi connectivity index (χ0v) is 11.2. The van der Waals surface area contributed by atoms with Crippen LogP contribution in [-0.2, 0) is 0 Å². The van der Waals surface area contributed by atoms with Gasteiger partial charge in [-0.15, -0.1) is 0 Å². The Labute approximate surface area is 110 Å². The molecule has 2 atom stereocenters. The second-order valence-electron chi connectivity index (χ2n) is 5.15. The van der Waals surface area contributed by atoms with Crippen LogP contribution < -0.4 is 5.32 Å². The van der Waals surface area contributed by atoms with E-state index in [0.717, 1.165) is 19.5 Å². The molecule has 2 unspecified atom stereocenters. The topological polar surface area (TPSA) is 35.5 Å². The van der Waals surface area contributed by atoms with E-state index in [2.05, 4.69) is 40.5 Å². The Bertz CT molecular complexity index is 338. The molecule has 0 radical (unpaired) electrons. The fourth-order valence-corrected chi connectivity index (χ4v) is 2.70. The molecule has 0 spiro atoms. The Morgan fingerprint density at radius 1 is 1.39 bits per heavy atom. The standard InChI is InChI=1S/C15H24N2O/c1-16-15(12-18)8-10-17-9-7-14(11-17)13-5-3-2-4-6-13/h2-6,14-16,18H,7-12H2,1H3. The molecule has 2 rings (SSSR count). The number of aliphatic hydroxyl groups is 1. The third-order valence-electron chi connectivity index (χ3n) is 3.97. The summed E-state index contributed by atoms with van der Waals surface area (Å²) in [5.41, 5.74) is 1.47. The molecule has 1 aromatic carbocycles. The Morgan fingerprint density at radius 2 is 2.17 bits per heavy atom. The van der Waals surface area contributed by atoms with Crippen molar-refractivity contribution in [1.29, 1.82) is 0 Å². The van der Waals surface area contributed by atoms with Crippen molar-refractivity contribution in [2.75, 3.05) is 33.3 Å². The number of rotatable bonds is 6. The van der Waals surface area contributed by atoms with Gasteiger partial charge < -0.3 is 15.3 Å². The second-order valence-corrected chi connectivity index (χ2v) is 5.15. The van der Waals surface area contributed by atoms with Gasteiger partial charge in [0.25, 0.3) is 0 Å². The molecule has 3 heteroatoms. The molecule has 0 saturated carbocycles. The molecule has 0 aliphatic carbocycles. The van der Waals surface area contributed by atoms with Gasteiger partial charge in [0.15, 0.2) is 0 Å². The van der Waals surface area contributed by atoms with Gasteiger partial charge in [0.2, 0.25) is 0 Å². The average Bonchev–Trinajstić information content (AvgIpc) is 2.90. The van der Waals surface area contributed by atoms with Crippen molar-refractivity contribution in [3.63, 3.8) is 0 Å². The highest BCUT2D eigenvalue weighted by atomic mass is 16.3. The van der Waals surface area contributed by atoms with Gasteiger partial charge in [0.05, 0.1) is 6.61 Å². The SMILES string of the molecule is CNC(CO)CCN1CCC(c2ccccc2)C1. The van der Waals surface area contributed by atoms with Crippen LogP contribution >= 0.6 is 0 Å². The van der Waals surface area contributed by atoms with E-state index in [-0.39, 0.29) is 12.6 Å². The zero-order chi connectivity index (χ0) is 12.8. The highest BCUT2D eigenvalue weighted by molar-refractivity contribution is 5.20. The lowest BCUT2D eigenvalue weighted by Gasteiger charge is -2.19. The van der Waals surface area contributed by atoms with E-state index in [4.69, 9.17) is 5.11 Å². The van der Waals surface area contributed by atoms with Crippen LogP contribution in [0.2, 0.25) is 0 Å². The Hall–Kier alpha value is -0.900. The average molecular weight is 248 g/mol. The van der Waals surface area contributed by atoms with Crippen molar-refractivity contribution in [3.05, 3.63) is 35.9 Å². The van der Waals surface area contributed by atoms with E-state index in [1.165, 1.54) is 18.5 Å². The summed E-state index contributed by atoms with van der Waals surface area (Å²) in [4.78, 5) is 2.51. The Kier molecular flexibility index (Phi) is 5.17. The van der Waals surface area contributed by atoms with Crippen LogP contribution in [0.4, 0.5) is 0 Å². The summed E-state index contributed by atoms with van der Waals surface area (Å²) < 4.78 is 0. The number of benzene rings is 1. The molecule has 2 N–H and O–H groups in total. The van der Waals surface area contributed by atoms with Crippen molar-refractivity contribution in [2.24, 2.45) is 0 Å². The van der Waals surface area contributed by atoms with Gasteiger partial charge >= 0.3 is 0 Å². The predicted octanol–water partition coefficient (Wildman–Crippen LogP) is 1.45. The highest BCUT2D eigenvalue weighted by Gasteiger charge is 2.23. The van der Waals surface area contributed by atoms with Crippen LogP contribution in [0.1, 0.15) is 24.3 Å². The summed E-state index contributed by atoms with van der Waals surface area (Å²) in [6.45, 7) is 3.65. The maximum absolute atomic E-state index is 9.15. The van der Waals surface area contributed by atoms with Gasteiger partial charge in [0, 0.05) is 12.6 Å². The van der Waals surface area contributed by atoms with Crippen LogP contribution in [0.25, 0.3) is 0 Å². The molecule has 1 fully saturated rings. The Morgan fingerprint density at radius 3 is 2.83 bits per heavy atom. The van der Waals surface area contributed by atoms with Crippen LogP contribution in [0.5, 0.6) is 0 Å². The van der Waals surface area contributed by atoms with Gasteiger partial charge in [-0.05, 0) is 44.5 Å². The van der Waals surface area contributed by atoms with E-state index in [1.54, 1.807) is 0 Å². The number of hydrogen-bond acceptors (Lipinski definition) is 3. The summed E-state index contributed by atoms with van der Waals surface area (Å²) in [6.07, 6.45) is 2.28. The molecule has 1 saturated heterocycles. The van der Waals surface area contributed by atoms with Crippen LogP contribution in [-0.4, -0.2) is 49.3 Å². The maximum Gasteiger partial charge on any atom is 0.0585 e. The quantitative estimate of drug-likeness (QED) is 0.800. The minimum absolute atomic E-state index is 0.229. The summed E-state index contributed by atoms with van der Waals surface area (Å²) >= 11 is 0. The minimum Gasteiger partial charge on any atom is -0.395 e. The number of likely N-dealkylation sites (N-methyl/N-ethyl adjacent to an activating group) is 1. The lowest BCUT2D eigenvalue weighted by atomic mass is 9.99. The molecule has 0 aromatic heterocycles. The predicted molar refractivity (Wildman–Crippen MR) is 74.8 cm³/mol. The fourth-order valence-electron chi connectivity index (χ4n) is 2.70. The van der Waals surface area contributed by atoms with Gasteiger partial charge in [-0.3, -0.25) is 0 Å². The first kappa shape index (κ1) is 13.5. The zero-order valence-electron chi connectivity index (χ0n) is 11.2. The maximum atomic E-state index is 9.15. The second kappa shape index (κ2) is 6.88. The van der Waals surface area contributed by atoms with Crippen molar-refractivity contribution < 1.29 is 5.11 Å². The van der Waals surface area contributed by atoms with E-state index in [0.29, 0.717) is 5.92 Å². The van der Waals surface area contributed by atoms with Crippen molar-refractivity contribution >= 4 is 0 Å². The van der Waals surface area contributed by atoms with Gasteiger partial charge in [-0.25, -0.2) is 0 Å². The molecule has 0 amide bonds. The van der Waals surface area contributed by atoms with E-state index >= 15 is 0 Å². The van der Waals surface area contributed by atoms with Gasteiger partial charge in [-0.1, -0.05) is 30.3 Å². The summed E-state index contributed by atoms with van der Waals surface area (Å²) in [7, 11) is 1.91. The number of nitrogens with one attached hydrogen (secondary N) is 1. The van der Waals surface area contributed by atoms with Crippen molar-refractivity contribution in [1.82, 2.24) is 10.2 Å². The Balaban J connectivity index is 1.78. The molecule has 100 valence electrons. The van der Waals surface area contributed by atoms with Crippen molar-refractivity contribution in [3.8, 4) is 0 Å². The molecular weight excluding hydrogens is 224 g/mol. The number of hydrogen-bond donors (Lipinski definition) is 2. The van der Waals surface area contributed by atoms with Gasteiger partial charge in [0.1, 0.15) is 0 Å². The third-order valence-corrected chi connectivity index (χ3v) is 3.97. The first-order chi connectivity index (χ1) is 8.83. The lowest BCUT2D eigenvalue weighted by Crippen LogP contribution is -2.34. The molecule has 1 aromatic rings. The van der Waals surface area contributed by atoms with Gasteiger partial charge in [-0.2, -0.15) is 0 Å². The number of nitrogens with zero attached hydrogens (tertiary/aromatic N) is 1. The van der Waals surface area contributed by atoms with E-state index in [9.17, 15) is 0 Å². The first-order valence-corrected chi connectivity index (χ1v) is 6.89. The molecule has 0 bridgehead atoms. The molecule has 1 aliphatic heterocycles. The molecular formula is C15H24N2O. The van der Waals surface area contributed by atoms with E-state index < -0.39 is 0 Å². The summed E-state index contributed by atoms with van der Waals surface area (Å²) in [5, 5.41) is 12.3. The fraction of sp³-hybridized carbons (Fsp3) is 0.600. The minimum atomic E-state index is 0.229. The lowest BCUT2D eigenvalue weighted by molar-refractivity contribution is 0.222. The van der Waals surface area contributed by atoms with Crippen LogP contribution in [0.15, 0.2) is 30.3 Å². The van der Waals surface area contributed by atoms with E-state index in [1.807, 2.05) is 7.05 Å². The third kappa shape index (κ3) is 3.55. The van der Waals surface area contributed by atoms with Crippen LogP contribution in [0.3, 0.4) is 0 Å². The molecule has 1 aliphatic rings. The number of likely N-dealkylation sites (tertiary alicyclic amines) is 1. The highest BCUT2D eigenvalue weighted by Crippen LogP contribution is 2.26. The normalized spacial score (nSPS) is 22.2.